The van der Waals surface area contributed by atoms with Crippen LogP contribution < -0.4 is 15.8 Å². The van der Waals surface area contributed by atoms with E-state index in [0.717, 1.165) is 4.83 Å². The van der Waals surface area contributed by atoms with Gasteiger partial charge in [-0.1, -0.05) is 13.8 Å². The van der Waals surface area contributed by atoms with Crippen LogP contribution in [0.4, 0.5) is 0 Å². The molecule has 2 rings (SSSR count). The fraction of sp³-hybridized carbons (Fsp3) is 0.562. The molecular weight excluding hydrogens is 315 g/mol. The molecule has 1 aliphatic rings. The molecule has 1 aromatic carbocycles. The van der Waals surface area contributed by atoms with Gasteiger partial charge >= 0.3 is 0 Å². The standard InChI is InChI=1S/C16H25N2O4P/c1-12(2)11-22-13-5-7-14(8-6-13)23(21)15(10-16(17)19)4-3-9-18(23)20/h5-8,12,15,20H,3-4,9-11H2,1-2H3,(H2,17,19). The molecule has 0 aliphatic carbocycles. The SMILES string of the molecule is CC(C)COc1ccc(P2(=O)C(CC(N)=O)CCCN2O)cc1. The highest BCUT2D eigenvalue weighted by Crippen LogP contribution is 2.57. The lowest BCUT2D eigenvalue weighted by Gasteiger charge is -2.37. The quantitative estimate of drug-likeness (QED) is 0.776. The van der Waals surface area contributed by atoms with E-state index < -0.39 is 18.9 Å². The molecule has 0 saturated carbocycles. The number of nitrogens with two attached hydrogens (primary N) is 1. The number of carbonyl (C=O) groups is 1. The topological polar surface area (TPSA) is 92.9 Å². The molecule has 128 valence electrons. The second kappa shape index (κ2) is 7.47. The zero-order valence-corrected chi connectivity index (χ0v) is 14.5. The van der Waals surface area contributed by atoms with Gasteiger partial charge in [-0.3, -0.25) is 9.36 Å². The van der Waals surface area contributed by atoms with E-state index in [1.807, 2.05) is 0 Å². The lowest BCUT2D eigenvalue weighted by molar-refractivity contribution is -0.118. The second-order valence-corrected chi connectivity index (χ2v) is 9.34. The number of ether oxygens (including phenoxy) is 1. The van der Waals surface area contributed by atoms with Crippen LogP contribution in [-0.4, -0.2) is 34.8 Å². The van der Waals surface area contributed by atoms with Crippen molar-refractivity contribution in [3.63, 3.8) is 0 Å². The minimum atomic E-state index is -3.25. The van der Waals surface area contributed by atoms with E-state index in [4.69, 9.17) is 10.5 Å². The molecule has 0 spiro atoms. The molecule has 1 aromatic rings. The zero-order chi connectivity index (χ0) is 17.0. The first-order chi connectivity index (χ1) is 10.8. The molecule has 1 saturated heterocycles. The van der Waals surface area contributed by atoms with Crippen molar-refractivity contribution >= 4 is 18.5 Å². The van der Waals surface area contributed by atoms with Gasteiger partial charge in [0.1, 0.15) is 5.75 Å². The summed E-state index contributed by atoms with van der Waals surface area (Å²) < 4.78 is 19.1. The highest BCUT2D eigenvalue weighted by atomic mass is 31.2. The summed E-state index contributed by atoms with van der Waals surface area (Å²) in [5.41, 5.74) is 4.84. The Balaban J connectivity index is 2.24. The van der Waals surface area contributed by atoms with Gasteiger partial charge in [0.2, 0.25) is 13.2 Å². The Morgan fingerprint density at radius 1 is 1.43 bits per heavy atom. The molecule has 2 atom stereocenters. The lowest BCUT2D eigenvalue weighted by atomic mass is 10.2. The molecule has 0 bridgehead atoms. The third-order valence-corrected chi connectivity index (χ3v) is 7.31. The molecule has 1 heterocycles. The number of hydroxylamine groups is 1. The van der Waals surface area contributed by atoms with Crippen LogP contribution in [0.15, 0.2) is 24.3 Å². The van der Waals surface area contributed by atoms with Crippen molar-refractivity contribution in [3.05, 3.63) is 24.3 Å². The molecule has 0 aromatic heterocycles. The van der Waals surface area contributed by atoms with Crippen LogP contribution in [0.25, 0.3) is 0 Å². The number of carbonyl (C=O) groups excluding carboxylic acids is 1. The number of benzene rings is 1. The number of hydrogen-bond donors (Lipinski definition) is 2. The summed E-state index contributed by atoms with van der Waals surface area (Å²) in [6.45, 7) is 5.06. The molecule has 0 radical (unpaired) electrons. The van der Waals surface area contributed by atoms with Crippen molar-refractivity contribution in [3.8, 4) is 5.75 Å². The first-order valence-corrected chi connectivity index (χ1v) is 9.65. The van der Waals surface area contributed by atoms with E-state index in [1.165, 1.54) is 0 Å². The van der Waals surface area contributed by atoms with Gasteiger partial charge in [0.25, 0.3) is 0 Å². The van der Waals surface area contributed by atoms with Gasteiger partial charge < -0.3 is 15.7 Å². The van der Waals surface area contributed by atoms with Crippen LogP contribution in [-0.2, 0) is 9.36 Å². The monoisotopic (exact) mass is 340 g/mol. The maximum absolute atomic E-state index is 13.4. The number of amides is 1. The normalized spacial score (nSPS) is 25.5. The van der Waals surface area contributed by atoms with Gasteiger partial charge in [-0.25, -0.2) is 0 Å². The zero-order valence-electron chi connectivity index (χ0n) is 13.6. The summed E-state index contributed by atoms with van der Waals surface area (Å²) in [5.74, 6) is 0.615. The molecule has 6 nitrogen and oxygen atoms in total. The van der Waals surface area contributed by atoms with Crippen LogP contribution in [0.3, 0.4) is 0 Å². The van der Waals surface area contributed by atoms with E-state index >= 15 is 0 Å². The average molecular weight is 340 g/mol. The van der Waals surface area contributed by atoms with Crippen LogP contribution in [0.1, 0.15) is 33.1 Å². The maximum Gasteiger partial charge on any atom is 0.218 e. The Morgan fingerprint density at radius 3 is 2.65 bits per heavy atom. The van der Waals surface area contributed by atoms with Gasteiger partial charge in [0.05, 0.1) is 6.61 Å². The van der Waals surface area contributed by atoms with Crippen LogP contribution >= 0.6 is 7.29 Å². The summed E-state index contributed by atoms with van der Waals surface area (Å²) in [4.78, 5) is 12.2. The van der Waals surface area contributed by atoms with E-state index in [-0.39, 0.29) is 6.42 Å². The lowest BCUT2D eigenvalue weighted by Crippen LogP contribution is -2.37. The van der Waals surface area contributed by atoms with Crippen molar-refractivity contribution in [1.29, 1.82) is 0 Å². The van der Waals surface area contributed by atoms with E-state index in [1.54, 1.807) is 24.3 Å². The van der Waals surface area contributed by atoms with Gasteiger partial charge in [-0.05, 0) is 43.0 Å². The molecular formula is C16H25N2O4P. The van der Waals surface area contributed by atoms with Gasteiger partial charge in [-0.15, -0.1) is 4.83 Å². The van der Waals surface area contributed by atoms with E-state index in [2.05, 4.69) is 13.8 Å². The van der Waals surface area contributed by atoms with Crippen LogP contribution in [0, 0.1) is 5.92 Å². The molecule has 23 heavy (non-hydrogen) atoms. The molecule has 2 unspecified atom stereocenters. The van der Waals surface area contributed by atoms with Crippen molar-refractivity contribution < 1.29 is 19.3 Å². The van der Waals surface area contributed by atoms with Crippen molar-refractivity contribution in [2.24, 2.45) is 11.7 Å². The van der Waals surface area contributed by atoms with E-state index in [9.17, 15) is 14.6 Å². The summed E-state index contributed by atoms with van der Waals surface area (Å²) in [6.07, 6.45) is 1.32. The Kier molecular flexibility index (Phi) is 5.84. The molecule has 7 heteroatoms. The predicted octanol–water partition coefficient (Wildman–Crippen LogP) is 2.35. The number of rotatable bonds is 6. The highest BCUT2D eigenvalue weighted by molar-refractivity contribution is 7.69. The Morgan fingerprint density at radius 2 is 2.09 bits per heavy atom. The molecule has 3 N–H and O–H groups in total. The third kappa shape index (κ3) is 4.14. The summed E-state index contributed by atoms with van der Waals surface area (Å²) in [7, 11) is -3.25. The van der Waals surface area contributed by atoms with Crippen molar-refractivity contribution in [2.75, 3.05) is 13.2 Å². The van der Waals surface area contributed by atoms with Crippen molar-refractivity contribution in [2.45, 2.75) is 38.8 Å². The third-order valence-electron chi connectivity index (χ3n) is 3.96. The smallest absolute Gasteiger partial charge is 0.218 e. The fourth-order valence-corrected chi connectivity index (χ4v) is 5.84. The maximum atomic E-state index is 13.4. The largest absolute Gasteiger partial charge is 0.493 e. The number of primary amides is 1. The minimum Gasteiger partial charge on any atom is -0.493 e. The summed E-state index contributed by atoms with van der Waals surface area (Å²) >= 11 is 0. The van der Waals surface area contributed by atoms with Gasteiger partial charge in [0, 0.05) is 23.9 Å². The fourth-order valence-electron chi connectivity index (χ4n) is 2.80. The van der Waals surface area contributed by atoms with Gasteiger partial charge in [-0.2, -0.15) is 0 Å². The average Bonchev–Trinajstić information content (AvgIpc) is 2.50. The minimum absolute atomic E-state index is 0.0138. The predicted molar refractivity (Wildman–Crippen MR) is 89.3 cm³/mol. The summed E-state index contributed by atoms with van der Waals surface area (Å²) in [6, 6.07) is 6.92. The second-order valence-electron chi connectivity index (χ2n) is 6.38. The molecule has 1 fully saturated rings. The Hall–Kier alpha value is -1.36. The van der Waals surface area contributed by atoms with Crippen molar-refractivity contribution in [1.82, 2.24) is 4.83 Å². The number of hydrogen-bond acceptors (Lipinski definition) is 4. The van der Waals surface area contributed by atoms with Crippen LogP contribution in [0.5, 0.6) is 5.75 Å². The summed E-state index contributed by atoms with van der Waals surface area (Å²) in [5, 5.41) is 10.7. The van der Waals surface area contributed by atoms with E-state index in [0.29, 0.717) is 43.0 Å². The molecule has 1 aliphatic heterocycles. The first-order valence-electron chi connectivity index (χ1n) is 7.92. The highest BCUT2D eigenvalue weighted by Gasteiger charge is 2.43. The Bertz CT molecular complexity index is 588. The van der Waals surface area contributed by atoms with Crippen LogP contribution in [0.2, 0.25) is 0 Å². The van der Waals surface area contributed by atoms with Gasteiger partial charge in [0.15, 0.2) is 0 Å². The first kappa shape index (κ1) is 18.0. The Labute approximate surface area is 137 Å². The number of nitrogens with zero attached hydrogens (tertiary/aromatic N) is 1. The molecule has 1 amide bonds.